The predicted octanol–water partition coefficient (Wildman–Crippen LogP) is 6.70. The monoisotopic (exact) mass is 546 g/mol. The minimum atomic E-state index is -1.46. The Bertz CT molecular complexity index is 1340. The average molecular weight is 547 g/mol. The maximum atomic E-state index is 15.6. The molecule has 1 N–H and O–H groups in total. The second-order valence-corrected chi connectivity index (χ2v) is 10.1. The number of likely N-dealkylation sites (tertiary alicyclic amines) is 1. The Balaban J connectivity index is 1.41. The zero-order valence-corrected chi connectivity index (χ0v) is 21.8. The first-order valence-electron chi connectivity index (χ1n) is 11.9. The Morgan fingerprint density at radius 3 is 2.68 bits per heavy atom. The molecular weight excluding hydrogens is 521 g/mol. The number of nitrogens with zero attached hydrogens (tertiary/aromatic N) is 2. The van der Waals surface area contributed by atoms with Gasteiger partial charge in [-0.2, -0.15) is 0 Å². The van der Waals surface area contributed by atoms with E-state index in [9.17, 15) is 14.3 Å². The lowest BCUT2D eigenvalue weighted by Gasteiger charge is -2.38. The summed E-state index contributed by atoms with van der Waals surface area (Å²) >= 11 is 12.2. The van der Waals surface area contributed by atoms with Gasteiger partial charge in [0, 0.05) is 40.8 Å². The normalized spacial score (nSPS) is 16.1. The van der Waals surface area contributed by atoms with E-state index in [2.05, 4.69) is 16.8 Å². The molecule has 0 bridgehead atoms. The largest absolute Gasteiger partial charge is 0.497 e. The van der Waals surface area contributed by atoms with E-state index in [1.807, 2.05) is 4.90 Å². The summed E-state index contributed by atoms with van der Waals surface area (Å²) in [6.45, 7) is 1.44. The number of methoxy groups -OCH3 is 1. The number of halogens is 4. The molecular formula is C28H26Cl2F2N2O3. The third kappa shape index (κ3) is 6.32. The number of rotatable bonds is 7. The van der Waals surface area contributed by atoms with Crippen molar-refractivity contribution in [1.82, 2.24) is 9.88 Å². The van der Waals surface area contributed by atoms with Crippen molar-refractivity contribution in [3.8, 4) is 17.6 Å². The van der Waals surface area contributed by atoms with Gasteiger partial charge >= 0.3 is 5.97 Å². The molecule has 1 aromatic heterocycles. The van der Waals surface area contributed by atoms with Crippen LogP contribution in [0.1, 0.15) is 43.0 Å². The molecule has 3 aromatic rings. The lowest BCUT2D eigenvalue weighted by atomic mass is 9.74. The van der Waals surface area contributed by atoms with Crippen LogP contribution in [0.25, 0.3) is 10.9 Å². The van der Waals surface area contributed by atoms with Crippen LogP contribution in [0.15, 0.2) is 42.6 Å². The van der Waals surface area contributed by atoms with Crippen molar-refractivity contribution in [2.75, 3.05) is 26.7 Å². The van der Waals surface area contributed by atoms with Gasteiger partial charge in [0.1, 0.15) is 17.7 Å². The average Bonchev–Trinajstić information content (AvgIpc) is 2.87. The first kappa shape index (κ1) is 27.1. The van der Waals surface area contributed by atoms with Gasteiger partial charge in [-0.15, -0.1) is 0 Å². The van der Waals surface area contributed by atoms with Gasteiger partial charge in [0.15, 0.2) is 0 Å². The molecule has 1 aliphatic rings. The van der Waals surface area contributed by atoms with E-state index in [1.54, 1.807) is 24.3 Å². The fourth-order valence-corrected chi connectivity index (χ4v) is 5.24. The van der Waals surface area contributed by atoms with Crippen molar-refractivity contribution < 1.29 is 23.4 Å². The summed E-state index contributed by atoms with van der Waals surface area (Å²) in [6, 6.07) is 9.29. The molecule has 37 heavy (non-hydrogen) atoms. The zero-order chi connectivity index (χ0) is 26.6. The van der Waals surface area contributed by atoms with Crippen LogP contribution in [0.4, 0.5) is 8.78 Å². The first-order chi connectivity index (χ1) is 17.7. The van der Waals surface area contributed by atoms with E-state index in [1.165, 1.54) is 25.4 Å². The lowest BCUT2D eigenvalue weighted by molar-refractivity contribution is -0.152. The van der Waals surface area contributed by atoms with E-state index in [4.69, 9.17) is 27.9 Å². The minimum absolute atomic E-state index is 0.0163. The molecule has 0 aliphatic carbocycles. The molecule has 1 fully saturated rings. The second kappa shape index (κ2) is 11.6. The molecule has 2 heterocycles. The van der Waals surface area contributed by atoms with Crippen LogP contribution >= 0.6 is 23.2 Å². The smallest absolute Gasteiger partial charge is 0.309 e. The number of pyridine rings is 1. The Labute approximate surface area is 224 Å². The number of carboxylic acid groups (broad SMARTS) is 1. The fraction of sp³-hybridized carbons (Fsp3) is 0.357. The number of aromatic nitrogens is 1. The number of alkyl halides is 1. The molecule has 4 rings (SSSR count). The molecule has 0 spiro atoms. The van der Waals surface area contributed by atoms with Gasteiger partial charge in [-0.05, 0) is 62.1 Å². The second-order valence-electron chi connectivity index (χ2n) is 9.23. The number of ether oxygens (including phenoxy) is 1. The van der Waals surface area contributed by atoms with E-state index in [0.29, 0.717) is 60.3 Å². The number of fused-ring (bicyclic) bond motifs is 1. The van der Waals surface area contributed by atoms with Crippen LogP contribution < -0.4 is 4.74 Å². The van der Waals surface area contributed by atoms with Crippen LogP contribution in [-0.2, 0) is 4.79 Å². The molecule has 0 radical (unpaired) electrons. The molecule has 194 valence electrons. The SMILES string of the molecule is COc1ccc2ncc(Cl)c(C(F)CCC3(C(=O)O)CCN(CC#Cc4cc(F)cc(Cl)c4)CC3)c2c1. The minimum Gasteiger partial charge on any atom is -0.497 e. The van der Waals surface area contributed by atoms with Crippen LogP contribution in [0.3, 0.4) is 0 Å². The fourth-order valence-electron chi connectivity index (χ4n) is 4.75. The van der Waals surface area contributed by atoms with Gasteiger partial charge in [0.05, 0.1) is 29.6 Å². The number of hydrogen-bond acceptors (Lipinski definition) is 4. The van der Waals surface area contributed by atoms with Crippen molar-refractivity contribution in [3.63, 3.8) is 0 Å². The molecule has 1 saturated heterocycles. The summed E-state index contributed by atoms with van der Waals surface area (Å²) in [5.74, 6) is 5.08. The lowest BCUT2D eigenvalue weighted by Crippen LogP contribution is -2.44. The van der Waals surface area contributed by atoms with Crippen molar-refractivity contribution >= 4 is 40.1 Å². The van der Waals surface area contributed by atoms with Crippen LogP contribution in [-0.4, -0.2) is 47.7 Å². The molecule has 0 amide bonds. The van der Waals surface area contributed by atoms with Crippen molar-refractivity contribution in [1.29, 1.82) is 0 Å². The summed E-state index contributed by atoms with van der Waals surface area (Å²) in [6.07, 6.45) is 0.908. The topological polar surface area (TPSA) is 62.7 Å². The van der Waals surface area contributed by atoms with Crippen LogP contribution in [0.2, 0.25) is 10.0 Å². The first-order valence-corrected chi connectivity index (χ1v) is 12.6. The number of aliphatic carboxylic acids is 1. The summed E-state index contributed by atoms with van der Waals surface area (Å²) in [5, 5.41) is 11.1. The van der Waals surface area contributed by atoms with Gasteiger partial charge in [-0.3, -0.25) is 14.7 Å². The highest BCUT2D eigenvalue weighted by Crippen LogP contribution is 2.42. The van der Waals surface area contributed by atoms with Crippen LogP contribution in [0, 0.1) is 23.1 Å². The molecule has 1 aliphatic heterocycles. The summed E-state index contributed by atoms with van der Waals surface area (Å²) in [4.78, 5) is 18.6. The van der Waals surface area contributed by atoms with Crippen LogP contribution in [0.5, 0.6) is 5.75 Å². The third-order valence-electron chi connectivity index (χ3n) is 6.92. The number of piperidine rings is 1. The molecule has 0 saturated carbocycles. The van der Waals surface area contributed by atoms with E-state index < -0.39 is 23.4 Å². The predicted molar refractivity (Wildman–Crippen MR) is 140 cm³/mol. The number of carbonyl (C=O) groups is 1. The highest BCUT2D eigenvalue weighted by molar-refractivity contribution is 6.32. The van der Waals surface area contributed by atoms with Gasteiger partial charge in [-0.1, -0.05) is 35.0 Å². The van der Waals surface area contributed by atoms with E-state index >= 15 is 4.39 Å². The highest BCUT2D eigenvalue weighted by Gasteiger charge is 2.41. The number of carboxylic acids is 1. The molecule has 2 aromatic carbocycles. The van der Waals surface area contributed by atoms with Gasteiger partial charge in [0.25, 0.3) is 0 Å². The van der Waals surface area contributed by atoms with Crippen molar-refractivity contribution in [3.05, 3.63) is 69.6 Å². The standard InChI is InChI=1S/C28H26Cl2F2N2O3/c1-37-21-4-5-25-22(16-21)26(23(30)17-33-25)24(32)6-7-28(27(35)36)8-11-34(12-9-28)10-2-3-18-13-19(29)15-20(31)14-18/h4-5,13-17,24H,6-12H2,1H3,(H,35,36). The zero-order valence-electron chi connectivity index (χ0n) is 20.2. The number of benzene rings is 2. The summed E-state index contributed by atoms with van der Waals surface area (Å²) < 4.78 is 34.3. The van der Waals surface area contributed by atoms with E-state index in [0.717, 1.165) is 0 Å². The molecule has 1 unspecified atom stereocenters. The summed E-state index contributed by atoms with van der Waals surface area (Å²) in [5.41, 5.74) is 0.343. The van der Waals surface area contributed by atoms with Crippen molar-refractivity contribution in [2.45, 2.75) is 31.9 Å². The molecule has 5 nitrogen and oxygen atoms in total. The van der Waals surface area contributed by atoms with Gasteiger partial charge in [-0.25, -0.2) is 8.78 Å². The molecule has 9 heteroatoms. The Hall–Kier alpha value is -2.92. The van der Waals surface area contributed by atoms with E-state index in [-0.39, 0.29) is 22.9 Å². The third-order valence-corrected chi connectivity index (χ3v) is 7.44. The molecule has 1 atom stereocenters. The van der Waals surface area contributed by atoms with Gasteiger partial charge in [0.2, 0.25) is 0 Å². The Morgan fingerprint density at radius 2 is 2.00 bits per heavy atom. The Kier molecular flexibility index (Phi) is 8.53. The maximum absolute atomic E-state index is 15.6. The quantitative estimate of drug-likeness (QED) is 0.334. The Morgan fingerprint density at radius 1 is 1.24 bits per heavy atom. The number of hydrogen-bond donors (Lipinski definition) is 1. The maximum Gasteiger partial charge on any atom is 0.309 e. The van der Waals surface area contributed by atoms with Gasteiger partial charge < -0.3 is 9.84 Å². The summed E-state index contributed by atoms with van der Waals surface area (Å²) in [7, 11) is 1.53. The van der Waals surface area contributed by atoms with Crippen molar-refractivity contribution in [2.24, 2.45) is 5.41 Å². The highest BCUT2D eigenvalue weighted by atomic mass is 35.5.